The molecule has 0 spiro atoms. The third-order valence-corrected chi connectivity index (χ3v) is 2.93. The second-order valence-corrected chi connectivity index (χ2v) is 5.35. The Labute approximate surface area is 109 Å². The highest BCUT2D eigenvalue weighted by molar-refractivity contribution is 9.10. The summed E-state index contributed by atoms with van der Waals surface area (Å²) in [6, 6.07) is 5.76. The molecule has 0 amide bonds. The molecular weight excluding hydrogens is 280 g/mol. The lowest BCUT2D eigenvalue weighted by Gasteiger charge is -2.10. The summed E-state index contributed by atoms with van der Waals surface area (Å²) in [7, 11) is 0. The zero-order valence-electron chi connectivity index (χ0n) is 9.89. The van der Waals surface area contributed by atoms with Crippen LogP contribution in [0.25, 0.3) is 11.4 Å². The third kappa shape index (κ3) is 2.66. The number of halogens is 1. The van der Waals surface area contributed by atoms with Crippen LogP contribution in [0.5, 0.6) is 0 Å². The van der Waals surface area contributed by atoms with Crippen molar-refractivity contribution in [2.75, 3.05) is 5.73 Å². The van der Waals surface area contributed by atoms with Crippen molar-refractivity contribution < 1.29 is 0 Å². The van der Waals surface area contributed by atoms with Crippen LogP contribution in [0.2, 0.25) is 0 Å². The molecule has 0 aliphatic heterocycles. The molecule has 2 aromatic rings. The largest absolute Gasteiger partial charge is 0.398 e. The van der Waals surface area contributed by atoms with Gasteiger partial charge >= 0.3 is 0 Å². The van der Waals surface area contributed by atoms with Gasteiger partial charge in [-0.15, -0.1) is 10.2 Å². The van der Waals surface area contributed by atoms with Gasteiger partial charge in [0, 0.05) is 22.3 Å². The normalized spacial score (nSPS) is 11.1. The summed E-state index contributed by atoms with van der Waals surface area (Å²) in [5.41, 5.74) is 7.61. The molecule has 1 aromatic heterocycles. The van der Waals surface area contributed by atoms with Crippen molar-refractivity contribution in [1.82, 2.24) is 14.8 Å². The molecule has 0 aliphatic rings. The summed E-state index contributed by atoms with van der Waals surface area (Å²) < 4.78 is 3.02. The molecule has 17 heavy (non-hydrogen) atoms. The topological polar surface area (TPSA) is 56.7 Å². The van der Waals surface area contributed by atoms with E-state index in [1.54, 1.807) is 6.33 Å². The minimum Gasteiger partial charge on any atom is -0.398 e. The Morgan fingerprint density at radius 3 is 2.88 bits per heavy atom. The first-order valence-corrected chi connectivity index (χ1v) is 6.30. The van der Waals surface area contributed by atoms with Gasteiger partial charge < -0.3 is 10.3 Å². The van der Waals surface area contributed by atoms with E-state index in [1.807, 2.05) is 22.8 Å². The Hall–Kier alpha value is -1.36. The van der Waals surface area contributed by atoms with Gasteiger partial charge in [-0.2, -0.15) is 0 Å². The summed E-state index contributed by atoms with van der Waals surface area (Å²) in [6.07, 6.45) is 1.75. The minimum absolute atomic E-state index is 0.540. The van der Waals surface area contributed by atoms with E-state index in [2.05, 4.69) is 40.0 Å². The number of rotatable bonds is 3. The first-order valence-electron chi connectivity index (χ1n) is 5.51. The van der Waals surface area contributed by atoms with Gasteiger partial charge in [0.2, 0.25) is 0 Å². The van der Waals surface area contributed by atoms with Gasteiger partial charge in [-0.25, -0.2) is 0 Å². The van der Waals surface area contributed by atoms with E-state index < -0.39 is 0 Å². The van der Waals surface area contributed by atoms with Crippen molar-refractivity contribution in [1.29, 1.82) is 0 Å². The van der Waals surface area contributed by atoms with Crippen molar-refractivity contribution in [3.8, 4) is 11.4 Å². The summed E-state index contributed by atoms with van der Waals surface area (Å²) in [4.78, 5) is 0. The molecule has 4 nitrogen and oxygen atoms in total. The molecule has 0 unspecified atom stereocenters. The van der Waals surface area contributed by atoms with Crippen LogP contribution in [0, 0.1) is 5.92 Å². The van der Waals surface area contributed by atoms with Gasteiger partial charge in [0.05, 0.1) is 0 Å². The molecular formula is C12H15BrN4. The number of nitrogens with two attached hydrogens (primary N) is 1. The molecule has 0 saturated heterocycles. The van der Waals surface area contributed by atoms with Crippen LogP contribution < -0.4 is 5.73 Å². The Balaban J connectivity index is 2.45. The summed E-state index contributed by atoms with van der Waals surface area (Å²) in [5, 5.41) is 8.12. The fourth-order valence-electron chi connectivity index (χ4n) is 1.71. The van der Waals surface area contributed by atoms with Crippen molar-refractivity contribution >= 4 is 21.6 Å². The van der Waals surface area contributed by atoms with Gasteiger partial charge in [0.1, 0.15) is 6.33 Å². The molecule has 0 bridgehead atoms. The predicted octanol–water partition coefficient (Wildman–Crippen LogP) is 2.95. The molecule has 1 aromatic carbocycles. The number of nitrogen functional groups attached to an aromatic ring is 1. The SMILES string of the molecule is CC(C)Cn1cnnc1-c1cc(Br)ccc1N. The molecule has 2 rings (SSSR count). The van der Waals surface area contributed by atoms with Crippen LogP contribution in [0.3, 0.4) is 0 Å². The standard InChI is InChI=1S/C12H15BrN4/c1-8(2)6-17-7-15-16-12(17)10-5-9(13)3-4-11(10)14/h3-5,7-8H,6,14H2,1-2H3. The van der Waals surface area contributed by atoms with E-state index in [4.69, 9.17) is 5.73 Å². The van der Waals surface area contributed by atoms with E-state index in [-0.39, 0.29) is 0 Å². The van der Waals surface area contributed by atoms with Crippen LogP contribution in [-0.2, 0) is 6.54 Å². The molecule has 0 atom stereocenters. The first kappa shape index (κ1) is 12.1. The van der Waals surface area contributed by atoms with Crippen molar-refractivity contribution in [3.63, 3.8) is 0 Å². The van der Waals surface area contributed by atoms with Crippen LogP contribution in [0.15, 0.2) is 29.0 Å². The Morgan fingerprint density at radius 1 is 1.41 bits per heavy atom. The lowest BCUT2D eigenvalue weighted by molar-refractivity contribution is 0.525. The second-order valence-electron chi connectivity index (χ2n) is 4.43. The second kappa shape index (κ2) is 4.87. The quantitative estimate of drug-likeness (QED) is 0.886. The Morgan fingerprint density at radius 2 is 2.18 bits per heavy atom. The van der Waals surface area contributed by atoms with Crippen molar-refractivity contribution in [2.24, 2.45) is 5.92 Å². The van der Waals surface area contributed by atoms with Gasteiger partial charge in [-0.3, -0.25) is 0 Å². The highest BCUT2D eigenvalue weighted by Gasteiger charge is 2.11. The van der Waals surface area contributed by atoms with E-state index >= 15 is 0 Å². The van der Waals surface area contributed by atoms with Gasteiger partial charge in [0.15, 0.2) is 5.82 Å². The maximum atomic E-state index is 5.98. The Bertz CT molecular complexity index is 519. The maximum Gasteiger partial charge on any atom is 0.165 e. The van der Waals surface area contributed by atoms with E-state index in [0.717, 1.165) is 22.4 Å². The maximum absolute atomic E-state index is 5.98. The molecule has 5 heteroatoms. The average molecular weight is 295 g/mol. The number of nitrogens with zero attached hydrogens (tertiary/aromatic N) is 3. The highest BCUT2D eigenvalue weighted by atomic mass is 79.9. The monoisotopic (exact) mass is 294 g/mol. The number of anilines is 1. The zero-order valence-corrected chi connectivity index (χ0v) is 11.5. The Kier molecular flexibility index (Phi) is 3.47. The molecule has 90 valence electrons. The molecule has 1 heterocycles. The van der Waals surface area contributed by atoms with Crippen molar-refractivity contribution in [2.45, 2.75) is 20.4 Å². The number of benzene rings is 1. The van der Waals surface area contributed by atoms with Crippen LogP contribution >= 0.6 is 15.9 Å². The van der Waals surface area contributed by atoms with Gasteiger partial charge in [-0.05, 0) is 24.1 Å². The smallest absolute Gasteiger partial charge is 0.165 e. The van der Waals surface area contributed by atoms with Gasteiger partial charge in [0.25, 0.3) is 0 Å². The highest BCUT2D eigenvalue weighted by Crippen LogP contribution is 2.27. The predicted molar refractivity (Wildman–Crippen MR) is 72.4 cm³/mol. The van der Waals surface area contributed by atoms with Crippen LogP contribution in [-0.4, -0.2) is 14.8 Å². The number of aromatic nitrogens is 3. The first-order chi connectivity index (χ1) is 8.08. The molecule has 0 radical (unpaired) electrons. The number of hydrogen-bond donors (Lipinski definition) is 1. The van der Waals surface area contributed by atoms with E-state index in [9.17, 15) is 0 Å². The summed E-state index contributed by atoms with van der Waals surface area (Å²) >= 11 is 3.44. The van der Waals surface area contributed by atoms with Crippen molar-refractivity contribution in [3.05, 3.63) is 29.0 Å². The minimum atomic E-state index is 0.540. The van der Waals surface area contributed by atoms with Gasteiger partial charge in [-0.1, -0.05) is 29.8 Å². The molecule has 0 aliphatic carbocycles. The summed E-state index contributed by atoms with van der Waals surface area (Å²) in [6.45, 7) is 5.20. The van der Waals surface area contributed by atoms with Crippen LogP contribution in [0.1, 0.15) is 13.8 Å². The zero-order chi connectivity index (χ0) is 12.4. The molecule has 0 fully saturated rings. The molecule has 0 saturated carbocycles. The van der Waals surface area contributed by atoms with E-state index in [1.165, 1.54) is 0 Å². The summed E-state index contributed by atoms with van der Waals surface area (Å²) in [5.74, 6) is 1.36. The fourth-order valence-corrected chi connectivity index (χ4v) is 2.07. The fraction of sp³-hybridized carbons (Fsp3) is 0.333. The van der Waals surface area contributed by atoms with Crippen LogP contribution in [0.4, 0.5) is 5.69 Å². The number of hydrogen-bond acceptors (Lipinski definition) is 3. The molecule has 2 N–H and O–H groups in total. The lowest BCUT2D eigenvalue weighted by Crippen LogP contribution is -2.06. The lowest BCUT2D eigenvalue weighted by atomic mass is 10.1. The third-order valence-electron chi connectivity index (χ3n) is 2.43. The van der Waals surface area contributed by atoms with E-state index in [0.29, 0.717) is 11.6 Å². The average Bonchev–Trinajstić information content (AvgIpc) is 2.69.